The van der Waals surface area contributed by atoms with Gasteiger partial charge in [-0.15, -0.1) is 0 Å². The number of halogens is 1. The molecule has 1 aliphatic heterocycles. The van der Waals surface area contributed by atoms with Crippen molar-refractivity contribution in [2.75, 3.05) is 20.2 Å². The Morgan fingerprint density at radius 3 is 2.90 bits per heavy atom. The molecular weight excluding hydrogens is 300 g/mol. The van der Waals surface area contributed by atoms with Crippen LogP contribution in [-0.4, -0.2) is 39.0 Å². The summed E-state index contributed by atoms with van der Waals surface area (Å²) in [6.45, 7) is 0.751. The first-order valence-electron chi connectivity index (χ1n) is 6.21. The molecule has 0 aromatic heterocycles. The monoisotopic (exact) mass is 314 g/mol. The highest BCUT2D eigenvalue weighted by Crippen LogP contribution is 2.28. The summed E-state index contributed by atoms with van der Waals surface area (Å²) in [5.41, 5.74) is 0.272. The van der Waals surface area contributed by atoms with Gasteiger partial charge in [0.05, 0.1) is 22.8 Å². The van der Waals surface area contributed by atoms with E-state index in [1.807, 2.05) is 6.07 Å². The average molecular weight is 315 g/mol. The fourth-order valence-electron chi connectivity index (χ4n) is 2.23. The summed E-state index contributed by atoms with van der Waals surface area (Å²) in [5, 5.41) is 9.02. The summed E-state index contributed by atoms with van der Waals surface area (Å²) >= 11 is 5.98. The molecule has 0 saturated carbocycles. The predicted molar refractivity (Wildman–Crippen MR) is 75.0 cm³/mol. The Morgan fingerprint density at radius 2 is 2.25 bits per heavy atom. The molecule has 20 heavy (non-hydrogen) atoms. The van der Waals surface area contributed by atoms with E-state index in [9.17, 15) is 8.42 Å². The van der Waals surface area contributed by atoms with Gasteiger partial charge in [-0.3, -0.25) is 0 Å². The van der Waals surface area contributed by atoms with Gasteiger partial charge in [0, 0.05) is 20.2 Å². The predicted octanol–water partition coefficient (Wildman–Crippen LogP) is 2.01. The first-order valence-corrected chi connectivity index (χ1v) is 8.03. The second-order valence-electron chi connectivity index (χ2n) is 4.62. The topological polar surface area (TPSA) is 70.4 Å². The number of rotatable bonds is 3. The second-order valence-corrected chi connectivity index (χ2v) is 6.93. The molecule has 0 N–H and O–H groups in total. The minimum absolute atomic E-state index is 0.0185. The molecule has 2 rings (SSSR count). The number of hydrogen-bond donors (Lipinski definition) is 0. The molecule has 1 aromatic carbocycles. The standard InChI is InChI=1S/C13H15ClN2O3S/c1-19-11-3-2-6-16(9-11)20(17,18)13-7-10(8-15)4-5-12(13)14/h4-5,7,11H,2-3,6,9H2,1H3. The van der Waals surface area contributed by atoms with Crippen LogP contribution in [0.15, 0.2) is 23.1 Å². The second kappa shape index (κ2) is 6.10. The van der Waals surface area contributed by atoms with Gasteiger partial charge in [-0.2, -0.15) is 9.57 Å². The number of ether oxygens (including phenoxy) is 1. The third-order valence-corrected chi connectivity index (χ3v) is 5.70. The maximum Gasteiger partial charge on any atom is 0.244 e. The Bertz CT molecular complexity index is 640. The highest BCUT2D eigenvalue weighted by molar-refractivity contribution is 7.89. The van der Waals surface area contributed by atoms with Crippen molar-refractivity contribution in [3.8, 4) is 6.07 Å². The van der Waals surface area contributed by atoms with Crippen LogP contribution >= 0.6 is 11.6 Å². The van der Waals surface area contributed by atoms with Gasteiger partial charge in [0.1, 0.15) is 4.90 Å². The van der Waals surface area contributed by atoms with Crippen LogP contribution in [0.2, 0.25) is 5.02 Å². The van der Waals surface area contributed by atoms with Crippen molar-refractivity contribution in [2.45, 2.75) is 23.8 Å². The highest BCUT2D eigenvalue weighted by atomic mass is 35.5. The molecule has 5 nitrogen and oxygen atoms in total. The van der Waals surface area contributed by atoms with Crippen LogP contribution in [0.4, 0.5) is 0 Å². The van der Waals surface area contributed by atoms with Crippen molar-refractivity contribution < 1.29 is 13.2 Å². The zero-order valence-electron chi connectivity index (χ0n) is 11.0. The third kappa shape index (κ3) is 2.96. The Hall–Kier alpha value is -1.13. The van der Waals surface area contributed by atoms with E-state index in [1.54, 1.807) is 7.11 Å². The molecule has 0 bridgehead atoms. The van der Waals surface area contributed by atoms with Gasteiger partial charge in [0.15, 0.2) is 0 Å². The molecule has 1 saturated heterocycles. The lowest BCUT2D eigenvalue weighted by molar-refractivity contribution is 0.0572. The summed E-state index contributed by atoms with van der Waals surface area (Å²) in [6.07, 6.45) is 1.48. The van der Waals surface area contributed by atoms with E-state index in [-0.39, 0.29) is 21.6 Å². The van der Waals surface area contributed by atoms with Crippen LogP contribution in [0.3, 0.4) is 0 Å². The first kappa shape index (κ1) is 15.3. The molecule has 7 heteroatoms. The lowest BCUT2D eigenvalue weighted by Gasteiger charge is -2.31. The number of nitrogens with zero attached hydrogens (tertiary/aromatic N) is 2. The Balaban J connectivity index is 2.37. The van der Waals surface area contributed by atoms with Crippen molar-refractivity contribution in [1.29, 1.82) is 5.26 Å². The molecule has 1 aliphatic rings. The zero-order valence-corrected chi connectivity index (χ0v) is 12.6. The molecule has 108 valence electrons. The van der Waals surface area contributed by atoms with Crippen molar-refractivity contribution in [3.63, 3.8) is 0 Å². The van der Waals surface area contributed by atoms with Crippen LogP contribution in [-0.2, 0) is 14.8 Å². The number of hydrogen-bond acceptors (Lipinski definition) is 4. The Labute approximate surface area is 123 Å². The van der Waals surface area contributed by atoms with E-state index in [2.05, 4.69) is 0 Å². The summed E-state index contributed by atoms with van der Waals surface area (Å²) < 4.78 is 31.8. The SMILES string of the molecule is COC1CCCN(S(=O)(=O)c2cc(C#N)ccc2Cl)C1. The summed E-state index contributed by atoms with van der Waals surface area (Å²) in [5.74, 6) is 0. The third-order valence-electron chi connectivity index (χ3n) is 3.35. The minimum atomic E-state index is -3.70. The van der Waals surface area contributed by atoms with Crippen LogP contribution in [0.25, 0.3) is 0 Å². The zero-order chi connectivity index (χ0) is 14.8. The fourth-order valence-corrected chi connectivity index (χ4v) is 4.24. The number of piperidine rings is 1. The van der Waals surface area contributed by atoms with Gasteiger partial charge in [0.25, 0.3) is 0 Å². The van der Waals surface area contributed by atoms with E-state index in [0.29, 0.717) is 13.1 Å². The maximum absolute atomic E-state index is 12.6. The van der Waals surface area contributed by atoms with E-state index in [1.165, 1.54) is 22.5 Å². The summed E-state index contributed by atoms with van der Waals surface area (Å²) in [4.78, 5) is -0.0185. The molecule has 1 aromatic rings. The largest absolute Gasteiger partial charge is 0.380 e. The molecule has 0 spiro atoms. The van der Waals surface area contributed by atoms with E-state index in [4.69, 9.17) is 21.6 Å². The summed E-state index contributed by atoms with van der Waals surface area (Å²) in [7, 11) is -2.12. The van der Waals surface area contributed by atoms with E-state index < -0.39 is 10.0 Å². The van der Waals surface area contributed by atoms with Crippen LogP contribution in [0.5, 0.6) is 0 Å². The van der Waals surface area contributed by atoms with E-state index in [0.717, 1.165) is 12.8 Å². The Morgan fingerprint density at radius 1 is 1.50 bits per heavy atom. The van der Waals surface area contributed by atoms with Gasteiger partial charge in [0.2, 0.25) is 10.0 Å². The minimum Gasteiger partial charge on any atom is -0.380 e. The van der Waals surface area contributed by atoms with Crippen molar-refractivity contribution in [1.82, 2.24) is 4.31 Å². The molecule has 1 fully saturated rings. The molecule has 0 amide bonds. The smallest absolute Gasteiger partial charge is 0.244 e. The van der Waals surface area contributed by atoms with Crippen LogP contribution in [0, 0.1) is 11.3 Å². The molecule has 1 atom stereocenters. The van der Waals surface area contributed by atoms with Gasteiger partial charge in [-0.25, -0.2) is 8.42 Å². The van der Waals surface area contributed by atoms with Gasteiger partial charge in [-0.05, 0) is 31.0 Å². The first-order chi connectivity index (χ1) is 9.48. The summed E-state index contributed by atoms with van der Waals surface area (Å²) in [6, 6.07) is 6.17. The van der Waals surface area contributed by atoms with Crippen molar-refractivity contribution >= 4 is 21.6 Å². The number of sulfonamides is 1. The van der Waals surface area contributed by atoms with Gasteiger partial charge >= 0.3 is 0 Å². The van der Waals surface area contributed by atoms with Crippen molar-refractivity contribution in [2.24, 2.45) is 0 Å². The Kier molecular flexibility index (Phi) is 4.66. The molecule has 0 aliphatic carbocycles. The van der Waals surface area contributed by atoms with Gasteiger partial charge in [-0.1, -0.05) is 11.6 Å². The molecule has 0 radical (unpaired) electrons. The normalized spacial score (nSPS) is 20.6. The lowest BCUT2D eigenvalue weighted by atomic mass is 10.1. The maximum atomic E-state index is 12.6. The average Bonchev–Trinajstić information content (AvgIpc) is 2.47. The lowest BCUT2D eigenvalue weighted by Crippen LogP contribution is -2.42. The van der Waals surface area contributed by atoms with Crippen molar-refractivity contribution in [3.05, 3.63) is 28.8 Å². The molecule has 1 heterocycles. The molecular formula is C13H15ClN2O3S. The van der Waals surface area contributed by atoms with Gasteiger partial charge < -0.3 is 4.74 Å². The van der Waals surface area contributed by atoms with Crippen LogP contribution < -0.4 is 0 Å². The number of nitriles is 1. The molecule has 1 unspecified atom stereocenters. The number of benzene rings is 1. The highest BCUT2D eigenvalue weighted by Gasteiger charge is 2.31. The number of methoxy groups -OCH3 is 1. The fraction of sp³-hybridized carbons (Fsp3) is 0.462. The quantitative estimate of drug-likeness (QED) is 0.855. The van der Waals surface area contributed by atoms with E-state index >= 15 is 0 Å². The van der Waals surface area contributed by atoms with Crippen LogP contribution in [0.1, 0.15) is 18.4 Å².